The number of hydrogen-bond acceptors (Lipinski definition) is 7. The lowest BCUT2D eigenvalue weighted by atomic mass is 10.1. The molecule has 4 rings (SSSR count). The van der Waals surface area contributed by atoms with Gasteiger partial charge in [0.15, 0.2) is 4.34 Å². The van der Waals surface area contributed by atoms with Crippen molar-refractivity contribution in [2.75, 3.05) is 26.2 Å². The van der Waals surface area contributed by atoms with Crippen LogP contribution >= 0.6 is 46.5 Å². The maximum Gasteiger partial charge on any atom is 0.248 e. The molecule has 11 heteroatoms. The van der Waals surface area contributed by atoms with Crippen molar-refractivity contribution in [3.8, 4) is 11.3 Å². The Kier molecular flexibility index (Phi) is 8.69. The molecule has 0 bridgehead atoms. The fraction of sp³-hybridized carbons (Fsp3) is 0.292. The molecule has 0 unspecified atom stereocenters. The van der Waals surface area contributed by atoms with Crippen molar-refractivity contribution in [1.29, 1.82) is 0 Å². The van der Waals surface area contributed by atoms with Gasteiger partial charge in [0, 0.05) is 55.0 Å². The fourth-order valence-corrected chi connectivity index (χ4v) is 5.83. The summed E-state index contributed by atoms with van der Waals surface area (Å²) in [7, 11) is 0. The lowest BCUT2D eigenvalue weighted by Gasteiger charge is -2.35. The van der Waals surface area contributed by atoms with Gasteiger partial charge in [-0.2, -0.15) is 0 Å². The highest BCUT2D eigenvalue weighted by Crippen LogP contribution is 2.31. The van der Waals surface area contributed by atoms with Gasteiger partial charge in [-0.05, 0) is 29.8 Å². The average Bonchev–Trinajstić information content (AvgIpc) is 3.30. The summed E-state index contributed by atoms with van der Waals surface area (Å²) in [6, 6.07) is 12.6. The molecule has 0 saturated carbocycles. The van der Waals surface area contributed by atoms with Crippen molar-refractivity contribution >= 4 is 58.3 Å². The number of halogens is 2. The minimum absolute atomic E-state index is 0.0669. The van der Waals surface area contributed by atoms with E-state index in [0.29, 0.717) is 35.3 Å². The maximum atomic E-state index is 12.4. The van der Waals surface area contributed by atoms with Crippen LogP contribution in [-0.4, -0.2) is 58.3 Å². The lowest BCUT2D eigenvalue weighted by Crippen LogP contribution is -2.46. The second-order valence-electron chi connectivity index (χ2n) is 8.09. The molecule has 2 heterocycles. The van der Waals surface area contributed by atoms with E-state index >= 15 is 0 Å². The Morgan fingerprint density at radius 2 is 2.00 bits per heavy atom. The van der Waals surface area contributed by atoms with Gasteiger partial charge in [-0.1, -0.05) is 41.4 Å². The van der Waals surface area contributed by atoms with Gasteiger partial charge in [-0.15, -0.1) is 11.3 Å². The summed E-state index contributed by atoms with van der Waals surface area (Å²) in [5.41, 5.74) is 8.49. The van der Waals surface area contributed by atoms with Crippen LogP contribution in [0.25, 0.3) is 11.3 Å². The summed E-state index contributed by atoms with van der Waals surface area (Å²) < 4.78 is 8.40. The largest absolute Gasteiger partial charge is 0.374 e. The van der Waals surface area contributed by atoms with E-state index in [1.165, 1.54) is 23.3 Å². The van der Waals surface area contributed by atoms with Gasteiger partial charge in [-0.25, -0.2) is 4.98 Å². The number of morpholine rings is 1. The molecule has 1 atom stereocenters. The van der Waals surface area contributed by atoms with Crippen LogP contribution in [0, 0.1) is 0 Å². The maximum absolute atomic E-state index is 12.4. The number of primary amides is 1. The molecule has 2 N–H and O–H groups in total. The molecule has 1 aliphatic heterocycles. The van der Waals surface area contributed by atoms with Gasteiger partial charge < -0.3 is 10.5 Å². The minimum atomic E-state index is -0.469. The van der Waals surface area contributed by atoms with Crippen LogP contribution in [-0.2, 0) is 16.1 Å². The highest BCUT2D eigenvalue weighted by Gasteiger charge is 2.25. The number of nitrogens with two attached hydrogens (primary N) is 1. The highest BCUT2D eigenvalue weighted by atomic mass is 35.5. The predicted molar refractivity (Wildman–Crippen MR) is 141 cm³/mol. The summed E-state index contributed by atoms with van der Waals surface area (Å²) in [6.07, 6.45) is -0.122. The van der Waals surface area contributed by atoms with Gasteiger partial charge in [0.25, 0.3) is 0 Å². The summed E-state index contributed by atoms with van der Waals surface area (Å²) in [5, 5.41) is 3.01. The van der Waals surface area contributed by atoms with Crippen molar-refractivity contribution in [2.24, 2.45) is 5.73 Å². The first-order valence-electron chi connectivity index (χ1n) is 10.9. The molecular weight excluding hydrogens is 527 g/mol. The van der Waals surface area contributed by atoms with Crippen LogP contribution in [0.5, 0.6) is 0 Å². The zero-order valence-corrected chi connectivity index (χ0v) is 22.1. The molecule has 7 nitrogen and oxygen atoms in total. The van der Waals surface area contributed by atoms with E-state index in [0.717, 1.165) is 34.2 Å². The van der Waals surface area contributed by atoms with Gasteiger partial charge >= 0.3 is 0 Å². The summed E-state index contributed by atoms with van der Waals surface area (Å²) >= 11 is 15.0. The predicted octanol–water partition coefficient (Wildman–Crippen LogP) is 4.97. The Hall–Kier alpha value is -2.14. The van der Waals surface area contributed by atoms with Crippen LogP contribution in [0.3, 0.4) is 0 Å². The number of aromatic nitrogens is 1. The van der Waals surface area contributed by atoms with E-state index < -0.39 is 5.91 Å². The third kappa shape index (κ3) is 6.97. The SMILES string of the molecule is CC(=O)N(C[C@@H]1CN(Cc2ccc(Cl)c(Cl)c2)CCO1)Sc1nc(-c2ccc(C(N)=O)cc2)cs1. The van der Waals surface area contributed by atoms with Crippen molar-refractivity contribution in [3.63, 3.8) is 0 Å². The van der Waals surface area contributed by atoms with E-state index in [9.17, 15) is 9.59 Å². The van der Waals surface area contributed by atoms with Crippen LogP contribution in [0.1, 0.15) is 22.8 Å². The molecule has 0 spiro atoms. The molecule has 35 heavy (non-hydrogen) atoms. The van der Waals surface area contributed by atoms with E-state index in [1.54, 1.807) is 29.4 Å². The number of carbonyl (C=O) groups is 2. The highest BCUT2D eigenvalue weighted by molar-refractivity contribution is 7.99. The quantitative estimate of drug-likeness (QED) is 0.398. The molecular formula is C24H24Cl2N4O3S2. The van der Waals surface area contributed by atoms with E-state index in [4.69, 9.17) is 33.7 Å². The molecule has 1 saturated heterocycles. The summed E-state index contributed by atoms with van der Waals surface area (Å²) in [5.74, 6) is -0.536. The summed E-state index contributed by atoms with van der Waals surface area (Å²) in [6.45, 7) is 4.80. The standard InChI is InChI=1S/C24H24Cl2N4O3S2/c1-15(31)30(35-24-28-22(14-34-24)17-3-5-18(6-4-17)23(27)32)13-19-12-29(8-9-33-19)11-16-2-7-20(25)21(26)10-16/h2-7,10,14,19H,8-9,11-13H2,1H3,(H2,27,32)/t19-/m0/s1. The zero-order valence-electron chi connectivity index (χ0n) is 18.9. The number of carbonyl (C=O) groups excluding carboxylic acids is 2. The Bertz CT molecular complexity index is 1210. The number of nitrogens with zero attached hydrogens (tertiary/aromatic N) is 3. The van der Waals surface area contributed by atoms with Crippen molar-refractivity contribution in [3.05, 3.63) is 69.0 Å². The molecule has 184 valence electrons. The lowest BCUT2D eigenvalue weighted by molar-refractivity contribution is -0.126. The van der Waals surface area contributed by atoms with E-state index in [1.807, 2.05) is 29.6 Å². The monoisotopic (exact) mass is 550 g/mol. The minimum Gasteiger partial charge on any atom is -0.374 e. The molecule has 1 aromatic heterocycles. The summed E-state index contributed by atoms with van der Waals surface area (Å²) in [4.78, 5) is 30.6. The number of amides is 2. The third-order valence-electron chi connectivity index (χ3n) is 5.47. The van der Waals surface area contributed by atoms with Gasteiger partial charge in [0.1, 0.15) is 0 Å². The van der Waals surface area contributed by atoms with Crippen LogP contribution in [0.2, 0.25) is 10.0 Å². The van der Waals surface area contributed by atoms with Crippen LogP contribution in [0.15, 0.2) is 52.2 Å². The van der Waals surface area contributed by atoms with Gasteiger partial charge in [-0.3, -0.25) is 18.8 Å². The third-order valence-corrected chi connectivity index (χ3v) is 8.23. The van der Waals surface area contributed by atoms with Crippen molar-refractivity contribution < 1.29 is 14.3 Å². The number of ether oxygens (including phenoxy) is 1. The number of thiazole rings is 1. The normalized spacial score (nSPS) is 16.3. The smallest absolute Gasteiger partial charge is 0.248 e. The van der Waals surface area contributed by atoms with Gasteiger partial charge in [0.05, 0.1) is 35.0 Å². The molecule has 2 aromatic carbocycles. The number of rotatable bonds is 8. The fourth-order valence-electron chi connectivity index (χ4n) is 3.68. The molecule has 2 amide bonds. The van der Waals surface area contributed by atoms with E-state index in [-0.39, 0.29) is 12.0 Å². The van der Waals surface area contributed by atoms with E-state index in [2.05, 4.69) is 9.88 Å². The number of hydrogen-bond donors (Lipinski definition) is 1. The van der Waals surface area contributed by atoms with Crippen LogP contribution < -0.4 is 5.73 Å². The first kappa shape index (κ1) is 25.9. The topological polar surface area (TPSA) is 88.8 Å². The molecule has 3 aromatic rings. The van der Waals surface area contributed by atoms with Crippen molar-refractivity contribution in [2.45, 2.75) is 23.9 Å². The first-order chi connectivity index (χ1) is 16.8. The van der Waals surface area contributed by atoms with Gasteiger partial charge in [0.2, 0.25) is 11.8 Å². The Labute approximate surface area is 222 Å². The number of benzene rings is 2. The molecule has 1 aliphatic rings. The second kappa shape index (κ2) is 11.7. The molecule has 0 aliphatic carbocycles. The average molecular weight is 552 g/mol. The zero-order chi connectivity index (χ0) is 24.9. The van der Waals surface area contributed by atoms with Crippen molar-refractivity contribution in [1.82, 2.24) is 14.2 Å². The molecule has 1 fully saturated rings. The Morgan fingerprint density at radius 1 is 1.23 bits per heavy atom. The first-order valence-corrected chi connectivity index (χ1v) is 13.3. The Morgan fingerprint density at radius 3 is 2.69 bits per heavy atom. The second-order valence-corrected chi connectivity index (χ2v) is 11.0. The molecule has 0 radical (unpaired) electrons. The van der Waals surface area contributed by atoms with Crippen LogP contribution in [0.4, 0.5) is 0 Å². The Balaban J connectivity index is 1.37.